The fourth-order valence-electron chi connectivity index (χ4n) is 2.36. The maximum atomic E-state index is 12.0. The zero-order chi connectivity index (χ0) is 19.1. The average Bonchev–Trinajstić information content (AvgIpc) is 2.62. The summed E-state index contributed by atoms with van der Waals surface area (Å²) >= 11 is 1.59. The number of thioether (sulfide) groups is 1. The normalized spacial score (nSPS) is 10.7. The summed E-state index contributed by atoms with van der Waals surface area (Å²) in [6.07, 6.45) is 0. The number of hydrogen-bond donors (Lipinski definition) is 1. The van der Waals surface area contributed by atoms with Gasteiger partial charge in [0.25, 0.3) is 5.91 Å². The largest absolute Gasteiger partial charge is 0.383 e. The van der Waals surface area contributed by atoms with Crippen LogP contribution in [0.4, 0.5) is 5.82 Å². The van der Waals surface area contributed by atoms with Gasteiger partial charge < -0.3 is 15.0 Å². The minimum atomic E-state index is -0.0885. The Morgan fingerprint density at radius 3 is 2.50 bits per heavy atom. The highest BCUT2D eigenvalue weighted by molar-refractivity contribution is 7.98. The van der Waals surface area contributed by atoms with Gasteiger partial charge in [-0.2, -0.15) is 0 Å². The average molecular weight is 375 g/mol. The van der Waals surface area contributed by atoms with Gasteiger partial charge >= 0.3 is 0 Å². The molecular formula is C19H26N4O2S. The van der Waals surface area contributed by atoms with E-state index in [0.717, 1.165) is 33.5 Å². The number of nitrogens with one attached hydrogen (secondary N) is 1. The van der Waals surface area contributed by atoms with E-state index in [1.165, 1.54) is 0 Å². The Morgan fingerprint density at radius 1 is 1.19 bits per heavy atom. The molecule has 0 radical (unpaired) electrons. The van der Waals surface area contributed by atoms with Crippen molar-refractivity contribution in [3.63, 3.8) is 0 Å². The Hall–Kier alpha value is -2.12. The van der Waals surface area contributed by atoms with Gasteiger partial charge in [-0.1, -0.05) is 23.9 Å². The summed E-state index contributed by atoms with van der Waals surface area (Å²) in [7, 11) is 5.58. The highest BCUT2D eigenvalue weighted by atomic mass is 32.2. The number of amides is 1. The van der Waals surface area contributed by atoms with E-state index >= 15 is 0 Å². The van der Waals surface area contributed by atoms with Crippen LogP contribution in [0.1, 0.15) is 27.2 Å². The third kappa shape index (κ3) is 5.44. The Morgan fingerprint density at radius 2 is 1.88 bits per heavy atom. The molecule has 1 amide bonds. The molecule has 6 nitrogen and oxygen atoms in total. The second kappa shape index (κ2) is 9.54. The van der Waals surface area contributed by atoms with Gasteiger partial charge in [-0.05, 0) is 31.5 Å². The predicted octanol–water partition coefficient (Wildman–Crippen LogP) is 2.83. The second-order valence-corrected chi connectivity index (χ2v) is 7.11. The van der Waals surface area contributed by atoms with E-state index in [4.69, 9.17) is 4.74 Å². The van der Waals surface area contributed by atoms with Crippen molar-refractivity contribution in [2.75, 3.05) is 39.3 Å². The molecule has 2 rings (SSSR count). The van der Waals surface area contributed by atoms with Crippen LogP contribution < -0.4 is 10.2 Å². The highest BCUT2D eigenvalue weighted by Crippen LogP contribution is 2.25. The van der Waals surface area contributed by atoms with Crippen molar-refractivity contribution in [1.29, 1.82) is 0 Å². The summed E-state index contributed by atoms with van der Waals surface area (Å²) < 4.78 is 4.93. The van der Waals surface area contributed by atoms with Crippen molar-refractivity contribution >= 4 is 23.5 Å². The summed E-state index contributed by atoms with van der Waals surface area (Å²) in [4.78, 5) is 23.2. The van der Waals surface area contributed by atoms with E-state index < -0.39 is 0 Å². The first-order valence-electron chi connectivity index (χ1n) is 8.43. The van der Waals surface area contributed by atoms with Crippen LogP contribution in [0.25, 0.3) is 0 Å². The molecule has 1 aromatic heterocycles. The molecule has 1 aromatic carbocycles. The standard InChI is InChI=1S/C19H26N4O2S/c1-13-14(2)21-19(22-17(13)23(3)4)26-12-15-6-8-16(9-7-15)18(24)20-10-11-25-5/h6-9H,10-12H2,1-5H3,(H,20,24). The van der Waals surface area contributed by atoms with Gasteiger partial charge in [0.15, 0.2) is 5.16 Å². The fraction of sp³-hybridized carbons (Fsp3) is 0.421. The zero-order valence-electron chi connectivity index (χ0n) is 16.0. The number of nitrogens with zero attached hydrogens (tertiary/aromatic N) is 3. The quantitative estimate of drug-likeness (QED) is 0.435. The molecule has 2 aromatic rings. The molecule has 0 aliphatic rings. The molecule has 0 spiro atoms. The van der Waals surface area contributed by atoms with Crippen LogP contribution in [-0.2, 0) is 10.5 Å². The van der Waals surface area contributed by atoms with Crippen molar-refractivity contribution in [2.24, 2.45) is 0 Å². The molecule has 26 heavy (non-hydrogen) atoms. The smallest absolute Gasteiger partial charge is 0.251 e. The highest BCUT2D eigenvalue weighted by Gasteiger charge is 2.10. The zero-order valence-corrected chi connectivity index (χ0v) is 16.8. The van der Waals surface area contributed by atoms with Crippen LogP contribution in [-0.4, -0.2) is 50.2 Å². The van der Waals surface area contributed by atoms with Crippen LogP contribution in [0.2, 0.25) is 0 Å². The Labute approximate surface area is 159 Å². The van der Waals surface area contributed by atoms with Crippen molar-refractivity contribution < 1.29 is 9.53 Å². The monoisotopic (exact) mass is 374 g/mol. The van der Waals surface area contributed by atoms with Crippen molar-refractivity contribution in [1.82, 2.24) is 15.3 Å². The predicted molar refractivity (Wildman–Crippen MR) is 106 cm³/mol. The molecule has 0 atom stereocenters. The topological polar surface area (TPSA) is 67.3 Å². The molecule has 1 N–H and O–H groups in total. The minimum absolute atomic E-state index is 0.0885. The van der Waals surface area contributed by atoms with Gasteiger partial charge in [-0.3, -0.25) is 4.79 Å². The summed E-state index contributed by atoms with van der Waals surface area (Å²) in [5, 5.41) is 3.57. The number of ether oxygens (including phenoxy) is 1. The van der Waals surface area contributed by atoms with E-state index in [-0.39, 0.29) is 5.91 Å². The molecule has 0 saturated heterocycles. The van der Waals surface area contributed by atoms with Gasteiger partial charge in [-0.15, -0.1) is 0 Å². The first-order valence-corrected chi connectivity index (χ1v) is 9.42. The first-order chi connectivity index (χ1) is 12.4. The van der Waals surface area contributed by atoms with E-state index in [1.807, 2.05) is 57.1 Å². The van der Waals surface area contributed by atoms with Crippen molar-refractivity contribution in [3.8, 4) is 0 Å². The molecule has 7 heteroatoms. The molecule has 0 aliphatic carbocycles. The summed E-state index contributed by atoms with van der Waals surface area (Å²) in [5.41, 5.74) is 3.86. The number of rotatable bonds is 8. The minimum Gasteiger partial charge on any atom is -0.383 e. The van der Waals surface area contributed by atoms with Crippen LogP contribution in [0.5, 0.6) is 0 Å². The van der Waals surface area contributed by atoms with Crippen LogP contribution >= 0.6 is 11.8 Å². The maximum absolute atomic E-state index is 12.0. The van der Waals surface area contributed by atoms with E-state index in [1.54, 1.807) is 18.9 Å². The molecule has 0 aliphatic heterocycles. The number of aryl methyl sites for hydroxylation is 1. The Kier molecular flexibility index (Phi) is 7.41. The number of methoxy groups -OCH3 is 1. The fourth-order valence-corrected chi connectivity index (χ4v) is 3.20. The van der Waals surface area contributed by atoms with Crippen molar-refractivity contribution in [2.45, 2.75) is 24.8 Å². The molecule has 0 bridgehead atoms. The number of aromatic nitrogens is 2. The van der Waals surface area contributed by atoms with Crippen LogP contribution in [0.15, 0.2) is 29.4 Å². The summed E-state index contributed by atoms with van der Waals surface area (Å²) in [6.45, 7) is 5.05. The lowest BCUT2D eigenvalue weighted by atomic mass is 10.1. The molecule has 0 unspecified atom stereocenters. The lowest BCUT2D eigenvalue weighted by molar-refractivity contribution is 0.0937. The number of carbonyl (C=O) groups excluding carboxylic acids is 1. The van der Waals surface area contributed by atoms with Gasteiger partial charge in [0, 0.05) is 50.3 Å². The lowest BCUT2D eigenvalue weighted by Gasteiger charge is -2.16. The summed E-state index contributed by atoms with van der Waals surface area (Å²) in [5.74, 6) is 1.61. The number of anilines is 1. The van der Waals surface area contributed by atoms with Crippen LogP contribution in [0.3, 0.4) is 0 Å². The maximum Gasteiger partial charge on any atom is 0.251 e. The van der Waals surface area contributed by atoms with E-state index in [9.17, 15) is 4.79 Å². The van der Waals surface area contributed by atoms with Crippen LogP contribution in [0, 0.1) is 13.8 Å². The van der Waals surface area contributed by atoms with Crippen molar-refractivity contribution in [3.05, 3.63) is 46.6 Å². The Balaban J connectivity index is 1.99. The van der Waals surface area contributed by atoms with Gasteiger partial charge in [-0.25, -0.2) is 9.97 Å². The summed E-state index contributed by atoms with van der Waals surface area (Å²) in [6, 6.07) is 7.60. The molecular weight excluding hydrogens is 348 g/mol. The molecule has 0 fully saturated rings. The first kappa shape index (κ1) is 20.2. The third-order valence-corrected chi connectivity index (χ3v) is 4.86. The SMILES string of the molecule is COCCNC(=O)c1ccc(CSc2nc(C)c(C)c(N(C)C)n2)cc1. The van der Waals surface area contributed by atoms with Gasteiger partial charge in [0.1, 0.15) is 5.82 Å². The lowest BCUT2D eigenvalue weighted by Crippen LogP contribution is -2.26. The molecule has 0 saturated carbocycles. The number of carbonyl (C=O) groups is 1. The number of hydrogen-bond acceptors (Lipinski definition) is 6. The third-order valence-electron chi connectivity index (χ3n) is 3.94. The van der Waals surface area contributed by atoms with Gasteiger partial charge in [0.05, 0.1) is 6.61 Å². The van der Waals surface area contributed by atoms with Gasteiger partial charge in [0.2, 0.25) is 0 Å². The second-order valence-electron chi connectivity index (χ2n) is 6.17. The molecule has 1 heterocycles. The number of benzene rings is 1. The van der Waals surface area contributed by atoms with E-state index in [0.29, 0.717) is 18.7 Å². The molecule has 140 valence electrons. The Bertz CT molecular complexity index is 748. The van der Waals surface area contributed by atoms with E-state index in [2.05, 4.69) is 15.3 Å².